The van der Waals surface area contributed by atoms with Gasteiger partial charge in [-0.15, -0.1) is 0 Å². The molecule has 0 aliphatic carbocycles. The van der Waals surface area contributed by atoms with Gasteiger partial charge in [0.2, 0.25) is 11.8 Å². The van der Waals surface area contributed by atoms with E-state index in [9.17, 15) is 18.0 Å². The van der Waals surface area contributed by atoms with Crippen LogP contribution in [0.5, 0.6) is 5.75 Å². The van der Waals surface area contributed by atoms with Gasteiger partial charge in [-0.05, 0) is 81.6 Å². The Bertz CT molecular complexity index is 1460. The molecule has 0 fully saturated rings. The number of carbonyl (C=O) groups excluding carboxylic acids is 2. The first-order valence-corrected chi connectivity index (χ1v) is 15.3. The second-order valence-electron chi connectivity index (χ2n) is 10.2. The van der Waals surface area contributed by atoms with Crippen LogP contribution in [0.4, 0.5) is 5.69 Å². The van der Waals surface area contributed by atoms with Crippen molar-refractivity contribution in [2.24, 2.45) is 0 Å². The first kappa shape index (κ1) is 32.0. The number of hydrogen-bond acceptors (Lipinski definition) is 5. The maximum atomic E-state index is 14.2. The summed E-state index contributed by atoms with van der Waals surface area (Å²) in [6.07, 6.45) is 0.335. The highest BCUT2D eigenvalue weighted by molar-refractivity contribution is 7.92. The van der Waals surface area contributed by atoms with E-state index in [0.717, 1.165) is 15.4 Å². The summed E-state index contributed by atoms with van der Waals surface area (Å²) in [7, 11) is -2.62. The fourth-order valence-electron chi connectivity index (χ4n) is 4.44. The number of sulfonamides is 1. The van der Waals surface area contributed by atoms with E-state index in [-0.39, 0.29) is 29.1 Å². The SMILES string of the molecule is CCC(C(=O)NC(C)C)N(Cc1ccc(OC)cc1)C(=O)CN(c1cccc(Cl)c1C)S(=O)(=O)c1ccc(C)cc1. The average molecular weight is 600 g/mol. The van der Waals surface area contributed by atoms with Crippen molar-refractivity contribution in [2.75, 3.05) is 18.0 Å². The van der Waals surface area contributed by atoms with Gasteiger partial charge in [-0.2, -0.15) is 0 Å². The summed E-state index contributed by atoms with van der Waals surface area (Å²) in [6, 6.07) is 17.6. The second-order valence-corrected chi connectivity index (χ2v) is 12.4. The van der Waals surface area contributed by atoms with Gasteiger partial charge in [-0.25, -0.2) is 8.42 Å². The molecule has 0 bridgehead atoms. The van der Waals surface area contributed by atoms with Crippen molar-refractivity contribution in [3.63, 3.8) is 0 Å². The third kappa shape index (κ3) is 7.80. The van der Waals surface area contributed by atoms with Crippen LogP contribution in [-0.2, 0) is 26.2 Å². The largest absolute Gasteiger partial charge is 0.497 e. The van der Waals surface area contributed by atoms with Gasteiger partial charge < -0.3 is 15.0 Å². The Morgan fingerprint density at radius 3 is 2.17 bits per heavy atom. The van der Waals surface area contributed by atoms with E-state index in [1.54, 1.807) is 56.5 Å². The lowest BCUT2D eigenvalue weighted by molar-refractivity contribution is -0.140. The van der Waals surface area contributed by atoms with Gasteiger partial charge in [0, 0.05) is 17.6 Å². The first-order chi connectivity index (χ1) is 19.4. The van der Waals surface area contributed by atoms with Crippen LogP contribution >= 0.6 is 11.6 Å². The number of benzene rings is 3. The van der Waals surface area contributed by atoms with Crippen LogP contribution in [-0.4, -0.2) is 50.9 Å². The van der Waals surface area contributed by atoms with Gasteiger partial charge in [0.15, 0.2) is 0 Å². The monoisotopic (exact) mass is 599 g/mol. The maximum absolute atomic E-state index is 14.2. The molecule has 1 N–H and O–H groups in total. The zero-order chi connectivity index (χ0) is 30.3. The van der Waals surface area contributed by atoms with Gasteiger partial charge in [-0.1, -0.05) is 54.4 Å². The van der Waals surface area contributed by atoms with Crippen molar-refractivity contribution in [2.45, 2.75) is 64.6 Å². The maximum Gasteiger partial charge on any atom is 0.264 e. The molecule has 10 heteroatoms. The minimum absolute atomic E-state index is 0.0431. The standard InChI is InChI=1S/C31H38ClN3O5S/c1-7-28(31(37)33-21(2)3)34(19-24-13-15-25(40-6)16-14-24)30(36)20-35(29-10-8-9-27(32)23(29)5)41(38,39)26-17-11-22(4)12-18-26/h8-18,21,28H,7,19-20H2,1-6H3,(H,33,37). The Kier molecular flexibility index (Phi) is 10.8. The highest BCUT2D eigenvalue weighted by Crippen LogP contribution is 2.31. The van der Waals surface area contributed by atoms with Crippen LogP contribution in [0.15, 0.2) is 71.6 Å². The number of methoxy groups -OCH3 is 1. The summed E-state index contributed by atoms with van der Waals surface area (Å²) in [5.74, 6) is -0.180. The zero-order valence-electron chi connectivity index (χ0n) is 24.3. The van der Waals surface area contributed by atoms with Crippen LogP contribution < -0.4 is 14.4 Å². The van der Waals surface area contributed by atoms with Gasteiger partial charge >= 0.3 is 0 Å². The molecule has 0 saturated heterocycles. The molecule has 0 spiro atoms. The summed E-state index contributed by atoms with van der Waals surface area (Å²) in [5, 5.41) is 3.27. The number of halogens is 1. The number of amides is 2. The molecule has 0 radical (unpaired) electrons. The molecule has 2 amide bonds. The number of ether oxygens (including phenoxy) is 1. The fourth-order valence-corrected chi connectivity index (χ4v) is 6.09. The average Bonchev–Trinajstić information content (AvgIpc) is 2.93. The van der Waals surface area contributed by atoms with Crippen LogP contribution in [0.25, 0.3) is 0 Å². The second kappa shape index (κ2) is 13.9. The Hall–Kier alpha value is -3.56. The fraction of sp³-hybridized carbons (Fsp3) is 0.355. The third-order valence-corrected chi connectivity index (χ3v) is 8.91. The summed E-state index contributed by atoms with van der Waals surface area (Å²) in [4.78, 5) is 28.9. The van der Waals surface area contributed by atoms with E-state index in [2.05, 4.69) is 5.32 Å². The number of carbonyl (C=O) groups is 2. The Morgan fingerprint density at radius 2 is 1.61 bits per heavy atom. The molecule has 8 nitrogen and oxygen atoms in total. The van der Waals surface area contributed by atoms with Crippen molar-refractivity contribution in [1.29, 1.82) is 0 Å². The van der Waals surface area contributed by atoms with E-state index in [4.69, 9.17) is 16.3 Å². The number of rotatable bonds is 12. The lowest BCUT2D eigenvalue weighted by Crippen LogP contribution is -2.53. The predicted molar refractivity (Wildman–Crippen MR) is 163 cm³/mol. The van der Waals surface area contributed by atoms with Gasteiger partial charge in [0.05, 0.1) is 17.7 Å². The molecule has 3 aromatic carbocycles. The molecule has 0 aliphatic rings. The molecule has 0 aliphatic heterocycles. The van der Waals surface area contributed by atoms with Crippen LogP contribution in [0.3, 0.4) is 0 Å². The minimum atomic E-state index is -4.18. The van der Waals surface area contributed by atoms with Crippen molar-refractivity contribution in [3.05, 3.63) is 88.4 Å². The summed E-state index contributed by atoms with van der Waals surface area (Å²) in [6.45, 7) is 8.65. The summed E-state index contributed by atoms with van der Waals surface area (Å²) < 4.78 is 34.4. The van der Waals surface area contributed by atoms with E-state index >= 15 is 0 Å². The zero-order valence-corrected chi connectivity index (χ0v) is 25.9. The van der Waals surface area contributed by atoms with E-state index in [1.165, 1.54) is 17.0 Å². The van der Waals surface area contributed by atoms with Gasteiger partial charge in [0.25, 0.3) is 10.0 Å². The summed E-state index contributed by atoms with van der Waals surface area (Å²) in [5.41, 5.74) is 2.47. The Labute approximate surface area is 248 Å². The Morgan fingerprint density at radius 1 is 0.976 bits per heavy atom. The van der Waals surface area contributed by atoms with E-state index in [0.29, 0.717) is 22.8 Å². The van der Waals surface area contributed by atoms with Gasteiger partial charge in [0.1, 0.15) is 18.3 Å². The van der Waals surface area contributed by atoms with Crippen LogP contribution in [0, 0.1) is 13.8 Å². The molecule has 220 valence electrons. The number of aryl methyl sites for hydroxylation is 1. The van der Waals surface area contributed by atoms with Crippen LogP contribution in [0.1, 0.15) is 43.9 Å². The molecule has 3 aromatic rings. The Balaban J connectivity index is 2.10. The smallest absolute Gasteiger partial charge is 0.264 e. The van der Waals surface area contributed by atoms with Crippen molar-refractivity contribution >= 4 is 39.1 Å². The number of hydrogen-bond donors (Lipinski definition) is 1. The molecule has 1 unspecified atom stereocenters. The van der Waals surface area contributed by atoms with Crippen molar-refractivity contribution in [1.82, 2.24) is 10.2 Å². The highest BCUT2D eigenvalue weighted by atomic mass is 35.5. The molecule has 1 atom stereocenters. The summed E-state index contributed by atoms with van der Waals surface area (Å²) >= 11 is 6.39. The normalized spacial score (nSPS) is 12.1. The molecule has 0 aromatic heterocycles. The lowest BCUT2D eigenvalue weighted by atomic mass is 10.1. The van der Waals surface area contributed by atoms with E-state index < -0.39 is 28.5 Å². The topological polar surface area (TPSA) is 96.0 Å². The lowest BCUT2D eigenvalue weighted by Gasteiger charge is -2.34. The molecule has 41 heavy (non-hydrogen) atoms. The highest BCUT2D eigenvalue weighted by Gasteiger charge is 2.34. The molecule has 0 heterocycles. The first-order valence-electron chi connectivity index (χ1n) is 13.5. The van der Waals surface area contributed by atoms with E-state index in [1.807, 2.05) is 39.8 Å². The number of nitrogens with zero attached hydrogens (tertiary/aromatic N) is 2. The number of nitrogens with one attached hydrogen (secondary N) is 1. The van der Waals surface area contributed by atoms with Gasteiger partial charge in [-0.3, -0.25) is 13.9 Å². The molecular weight excluding hydrogens is 562 g/mol. The molecule has 0 saturated carbocycles. The van der Waals surface area contributed by atoms with Crippen molar-refractivity contribution < 1.29 is 22.7 Å². The third-order valence-electron chi connectivity index (χ3n) is 6.72. The quantitative estimate of drug-likeness (QED) is 0.297. The minimum Gasteiger partial charge on any atom is -0.497 e. The van der Waals surface area contributed by atoms with Crippen molar-refractivity contribution in [3.8, 4) is 5.75 Å². The number of anilines is 1. The molecular formula is C31H38ClN3O5S. The van der Waals surface area contributed by atoms with Crippen LogP contribution in [0.2, 0.25) is 5.02 Å². The predicted octanol–water partition coefficient (Wildman–Crippen LogP) is 5.49. The molecule has 3 rings (SSSR count).